The summed E-state index contributed by atoms with van der Waals surface area (Å²) in [5.74, 6) is 0.595. The van der Waals surface area contributed by atoms with E-state index in [2.05, 4.69) is 0 Å². The first-order valence-corrected chi connectivity index (χ1v) is 5.30. The number of carbonyl (C=O) groups excluding carboxylic acids is 1. The average Bonchev–Trinajstić information content (AvgIpc) is 2.27. The van der Waals surface area contributed by atoms with Crippen molar-refractivity contribution < 1.29 is 9.53 Å². The van der Waals surface area contributed by atoms with Crippen LogP contribution in [0.4, 0.5) is 11.4 Å². The normalized spacial score (nSPS) is 10.4. The third-order valence-electron chi connectivity index (χ3n) is 2.39. The SMILES string of the molecule is COc1cc(N)ccc1N(C)C(=O)CN(C)C. The molecule has 5 nitrogen and oxygen atoms in total. The first-order valence-electron chi connectivity index (χ1n) is 5.30. The van der Waals surface area contributed by atoms with Crippen molar-refractivity contribution in [3.8, 4) is 5.75 Å². The van der Waals surface area contributed by atoms with E-state index >= 15 is 0 Å². The van der Waals surface area contributed by atoms with Crippen LogP contribution in [0.2, 0.25) is 0 Å². The van der Waals surface area contributed by atoms with Gasteiger partial charge in [-0.15, -0.1) is 0 Å². The Morgan fingerprint density at radius 2 is 2.00 bits per heavy atom. The third kappa shape index (κ3) is 3.35. The van der Waals surface area contributed by atoms with Crippen LogP contribution >= 0.6 is 0 Å². The molecular formula is C12H19N3O2. The van der Waals surface area contributed by atoms with Gasteiger partial charge in [0.15, 0.2) is 0 Å². The molecule has 0 aliphatic rings. The Labute approximate surface area is 102 Å². The molecule has 0 bridgehead atoms. The predicted molar refractivity (Wildman–Crippen MR) is 69.4 cm³/mol. The van der Waals surface area contributed by atoms with E-state index in [9.17, 15) is 4.79 Å². The summed E-state index contributed by atoms with van der Waals surface area (Å²) < 4.78 is 5.21. The molecule has 1 aromatic carbocycles. The molecule has 1 rings (SSSR count). The molecule has 0 spiro atoms. The lowest BCUT2D eigenvalue weighted by molar-refractivity contribution is -0.118. The van der Waals surface area contributed by atoms with Crippen LogP contribution < -0.4 is 15.4 Å². The summed E-state index contributed by atoms with van der Waals surface area (Å²) >= 11 is 0. The summed E-state index contributed by atoms with van der Waals surface area (Å²) in [4.78, 5) is 15.3. The second-order valence-corrected chi connectivity index (χ2v) is 4.12. The lowest BCUT2D eigenvalue weighted by atomic mass is 10.2. The van der Waals surface area contributed by atoms with Gasteiger partial charge in [0, 0.05) is 18.8 Å². The molecule has 17 heavy (non-hydrogen) atoms. The van der Waals surface area contributed by atoms with Gasteiger partial charge >= 0.3 is 0 Å². The summed E-state index contributed by atoms with van der Waals surface area (Å²) in [5.41, 5.74) is 6.99. The van der Waals surface area contributed by atoms with Crippen LogP contribution in [0, 0.1) is 0 Å². The zero-order chi connectivity index (χ0) is 13.0. The molecular weight excluding hydrogens is 218 g/mol. The Kier molecular flexibility index (Phi) is 4.34. The van der Waals surface area contributed by atoms with Crippen molar-refractivity contribution in [2.45, 2.75) is 0 Å². The topological polar surface area (TPSA) is 58.8 Å². The molecule has 0 radical (unpaired) electrons. The first-order chi connectivity index (χ1) is 7.95. The molecule has 94 valence electrons. The predicted octanol–water partition coefficient (Wildman–Crippen LogP) is 0.802. The quantitative estimate of drug-likeness (QED) is 0.787. The second kappa shape index (κ2) is 5.54. The Hall–Kier alpha value is -1.75. The van der Waals surface area contributed by atoms with Gasteiger partial charge in [0.05, 0.1) is 19.3 Å². The van der Waals surface area contributed by atoms with Crippen molar-refractivity contribution in [3.05, 3.63) is 18.2 Å². The molecule has 5 heteroatoms. The van der Waals surface area contributed by atoms with Crippen molar-refractivity contribution in [1.29, 1.82) is 0 Å². The van der Waals surface area contributed by atoms with Gasteiger partial charge in [0.25, 0.3) is 0 Å². The van der Waals surface area contributed by atoms with E-state index in [0.717, 1.165) is 0 Å². The minimum Gasteiger partial charge on any atom is -0.494 e. The highest BCUT2D eigenvalue weighted by molar-refractivity contribution is 5.95. The second-order valence-electron chi connectivity index (χ2n) is 4.12. The highest BCUT2D eigenvalue weighted by Gasteiger charge is 2.15. The highest BCUT2D eigenvalue weighted by Crippen LogP contribution is 2.29. The van der Waals surface area contributed by atoms with Crippen molar-refractivity contribution in [2.24, 2.45) is 0 Å². The van der Waals surface area contributed by atoms with Crippen molar-refractivity contribution in [3.63, 3.8) is 0 Å². The molecule has 1 aromatic rings. The summed E-state index contributed by atoms with van der Waals surface area (Å²) in [6, 6.07) is 5.23. The van der Waals surface area contributed by atoms with E-state index in [1.807, 2.05) is 19.0 Å². The third-order valence-corrected chi connectivity index (χ3v) is 2.39. The Balaban J connectivity index is 2.95. The molecule has 0 saturated carbocycles. The number of nitrogens with two attached hydrogens (primary N) is 1. The number of carbonyl (C=O) groups is 1. The highest BCUT2D eigenvalue weighted by atomic mass is 16.5. The van der Waals surface area contributed by atoms with Crippen LogP contribution in [0.15, 0.2) is 18.2 Å². The van der Waals surface area contributed by atoms with Crippen LogP contribution in [0.5, 0.6) is 5.75 Å². The van der Waals surface area contributed by atoms with Crippen molar-refractivity contribution >= 4 is 17.3 Å². The van der Waals surface area contributed by atoms with E-state index < -0.39 is 0 Å². The molecule has 0 fully saturated rings. The molecule has 1 amide bonds. The van der Waals surface area contributed by atoms with Crippen molar-refractivity contribution in [1.82, 2.24) is 4.90 Å². The van der Waals surface area contributed by atoms with Gasteiger partial charge in [-0.2, -0.15) is 0 Å². The molecule has 0 unspecified atom stereocenters. The summed E-state index contributed by atoms with van der Waals surface area (Å²) in [5, 5.41) is 0. The number of benzene rings is 1. The number of ether oxygens (including phenoxy) is 1. The molecule has 0 aromatic heterocycles. The smallest absolute Gasteiger partial charge is 0.240 e. The maximum Gasteiger partial charge on any atom is 0.240 e. The molecule has 0 heterocycles. The fourth-order valence-corrected chi connectivity index (χ4v) is 1.48. The van der Waals surface area contributed by atoms with Crippen LogP contribution in [0.3, 0.4) is 0 Å². The lowest BCUT2D eigenvalue weighted by Gasteiger charge is -2.21. The Morgan fingerprint density at radius 3 is 2.53 bits per heavy atom. The number of amides is 1. The van der Waals surface area contributed by atoms with E-state index in [1.54, 1.807) is 37.3 Å². The molecule has 0 atom stereocenters. The summed E-state index contributed by atoms with van der Waals surface area (Å²) in [7, 11) is 6.99. The number of anilines is 2. The van der Waals surface area contributed by atoms with Gasteiger partial charge in [0.1, 0.15) is 5.75 Å². The molecule has 0 saturated heterocycles. The number of hydrogen-bond donors (Lipinski definition) is 1. The zero-order valence-corrected chi connectivity index (χ0v) is 10.7. The van der Waals surface area contributed by atoms with Crippen molar-refractivity contribution in [2.75, 3.05) is 45.4 Å². The molecule has 2 N–H and O–H groups in total. The Morgan fingerprint density at radius 1 is 1.35 bits per heavy atom. The summed E-state index contributed by atoms with van der Waals surface area (Å²) in [6.07, 6.45) is 0. The molecule has 0 aliphatic heterocycles. The van der Waals surface area contributed by atoms with Gasteiger partial charge < -0.3 is 20.3 Å². The standard InChI is InChI=1S/C12H19N3O2/c1-14(2)8-12(16)15(3)10-6-5-9(13)7-11(10)17-4/h5-7H,8,13H2,1-4H3. The van der Waals surface area contributed by atoms with E-state index in [-0.39, 0.29) is 5.91 Å². The number of hydrogen-bond acceptors (Lipinski definition) is 4. The zero-order valence-electron chi connectivity index (χ0n) is 10.7. The van der Waals surface area contributed by atoms with E-state index in [0.29, 0.717) is 23.7 Å². The van der Waals surface area contributed by atoms with Crippen LogP contribution in [0.1, 0.15) is 0 Å². The van der Waals surface area contributed by atoms with E-state index in [1.165, 1.54) is 0 Å². The van der Waals surface area contributed by atoms with Gasteiger partial charge in [-0.05, 0) is 26.2 Å². The minimum atomic E-state index is -0.00179. The van der Waals surface area contributed by atoms with Gasteiger partial charge in [-0.1, -0.05) is 0 Å². The van der Waals surface area contributed by atoms with Gasteiger partial charge in [-0.3, -0.25) is 4.79 Å². The largest absolute Gasteiger partial charge is 0.494 e. The monoisotopic (exact) mass is 237 g/mol. The lowest BCUT2D eigenvalue weighted by Crippen LogP contribution is -2.35. The van der Waals surface area contributed by atoms with E-state index in [4.69, 9.17) is 10.5 Å². The maximum absolute atomic E-state index is 11.9. The first kappa shape index (κ1) is 13.3. The summed E-state index contributed by atoms with van der Waals surface area (Å²) in [6.45, 7) is 0.351. The number of rotatable bonds is 4. The average molecular weight is 237 g/mol. The van der Waals surface area contributed by atoms with Gasteiger partial charge in [-0.25, -0.2) is 0 Å². The van der Waals surface area contributed by atoms with Crippen LogP contribution in [-0.4, -0.2) is 45.6 Å². The number of methoxy groups -OCH3 is 1. The minimum absolute atomic E-state index is 0.00179. The number of likely N-dealkylation sites (N-methyl/N-ethyl adjacent to an activating group) is 2. The van der Waals surface area contributed by atoms with Crippen LogP contribution in [-0.2, 0) is 4.79 Å². The fraction of sp³-hybridized carbons (Fsp3) is 0.417. The van der Waals surface area contributed by atoms with Gasteiger partial charge in [0.2, 0.25) is 5.91 Å². The number of nitrogens with zero attached hydrogens (tertiary/aromatic N) is 2. The fourth-order valence-electron chi connectivity index (χ4n) is 1.48. The van der Waals surface area contributed by atoms with Crippen LogP contribution in [0.25, 0.3) is 0 Å². The Bertz CT molecular complexity index is 405. The number of nitrogen functional groups attached to an aromatic ring is 1. The maximum atomic E-state index is 11.9. The molecule has 0 aliphatic carbocycles.